The molecule has 5 nitrogen and oxygen atoms in total. The summed E-state index contributed by atoms with van der Waals surface area (Å²) in [6.45, 7) is 5.66. The van der Waals surface area contributed by atoms with E-state index < -0.39 is 5.91 Å². The molecular weight excluding hydrogens is 252 g/mol. The first kappa shape index (κ1) is 14.8. The SMILES string of the molecule is CCC1CCN(c2cc(C(N)=O)cc(C)n2)C(CN)C1. The van der Waals surface area contributed by atoms with Crippen LogP contribution in [0.3, 0.4) is 0 Å². The van der Waals surface area contributed by atoms with Gasteiger partial charge >= 0.3 is 0 Å². The molecule has 2 heterocycles. The van der Waals surface area contributed by atoms with Crippen molar-refractivity contribution in [1.29, 1.82) is 0 Å². The van der Waals surface area contributed by atoms with E-state index in [1.54, 1.807) is 12.1 Å². The molecule has 2 rings (SSSR count). The number of hydrogen-bond donors (Lipinski definition) is 2. The first-order chi connectivity index (χ1) is 9.55. The summed E-state index contributed by atoms with van der Waals surface area (Å²) in [4.78, 5) is 18.2. The average Bonchev–Trinajstić information content (AvgIpc) is 2.45. The Kier molecular flexibility index (Phi) is 4.60. The molecule has 0 spiro atoms. The maximum Gasteiger partial charge on any atom is 0.248 e. The molecule has 0 aromatic carbocycles. The van der Waals surface area contributed by atoms with Crippen molar-refractivity contribution in [2.45, 2.75) is 39.2 Å². The molecule has 1 aromatic rings. The van der Waals surface area contributed by atoms with Crippen molar-refractivity contribution >= 4 is 11.7 Å². The minimum absolute atomic E-state index is 0.295. The van der Waals surface area contributed by atoms with Crippen molar-refractivity contribution < 1.29 is 4.79 Å². The van der Waals surface area contributed by atoms with Crippen LogP contribution in [0.15, 0.2) is 12.1 Å². The van der Waals surface area contributed by atoms with Crippen molar-refractivity contribution in [1.82, 2.24) is 4.98 Å². The Labute approximate surface area is 120 Å². The number of piperidine rings is 1. The molecule has 1 saturated heterocycles. The van der Waals surface area contributed by atoms with Gasteiger partial charge < -0.3 is 16.4 Å². The molecule has 1 fully saturated rings. The van der Waals surface area contributed by atoms with Gasteiger partial charge in [-0.3, -0.25) is 4.79 Å². The quantitative estimate of drug-likeness (QED) is 0.871. The van der Waals surface area contributed by atoms with E-state index in [9.17, 15) is 4.79 Å². The van der Waals surface area contributed by atoms with Gasteiger partial charge in [0.05, 0.1) is 0 Å². The number of primary amides is 1. The minimum atomic E-state index is -0.413. The van der Waals surface area contributed by atoms with E-state index in [2.05, 4.69) is 16.8 Å². The van der Waals surface area contributed by atoms with Crippen molar-refractivity contribution in [2.75, 3.05) is 18.0 Å². The lowest BCUT2D eigenvalue weighted by Crippen LogP contribution is -2.47. The molecule has 110 valence electrons. The van der Waals surface area contributed by atoms with Gasteiger partial charge in [0.1, 0.15) is 5.82 Å². The van der Waals surface area contributed by atoms with Crippen LogP contribution in [0.2, 0.25) is 0 Å². The van der Waals surface area contributed by atoms with Gasteiger partial charge in [0, 0.05) is 30.4 Å². The summed E-state index contributed by atoms with van der Waals surface area (Å²) in [7, 11) is 0. The maximum atomic E-state index is 11.4. The second-order valence-electron chi connectivity index (χ2n) is 5.60. The maximum absolute atomic E-state index is 11.4. The third kappa shape index (κ3) is 3.10. The standard InChI is InChI=1S/C15H24N4O/c1-3-11-4-5-19(13(7-11)9-16)14-8-12(15(17)20)6-10(2)18-14/h6,8,11,13H,3-5,7,9,16H2,1-2H3,(H2,17,20). The van der Waals surface area contributed by atoms with Crippen LogP contribution < -0.4 is 16.4 Å². The fourth-order valence-corrected chi connectivity index (χ4v) is 2.97. The van der Waals surface area contributed by atoms with Crippen LogP contribution in [0.5, 0.6) is 0 Å². The zero-order chi connectivity index (χ0) is 14.7. The lowest BCUT2D eigenvalue weighted by Gasteiger charge is -2.39. The van der Waals surface area contributed by atoms with Crippen LogP contribution in [0.1, 0.15) is 42.2 Å². The number of rotatable bonds is 4. The second-order valence-corrected chi connectivity index (χ2v) is 5.60. The molecule has 0 aliphatic carbocycles. The van der Waals surface area contributed by atoms with Crippen LogP contribution >= 0.6 is 0 Å². The molecule has 20 heavy (non-hydrogen) atoms. The van der Waals surface area contributed by atoms with Crippen LogP contribution in [-0.2, 0) is 0 Å². The predicted molar refractivity (Wildman–Crippen MR) is 80.7 cm³/mol. The number of nitrogens with zero attached hydrogens (tertiary/aromatic N) is 2. The lowest BCUT2D eigenvalue weighted by atomic mass is 9.89. The van der Waals surface area contributed by atoms with Crippen LogP contribution in [0, 0.1) is 12.8 Å². The number of carbonyl (C=O) groups is 1. The molecule has 5 heteroatoms. The fourth-order valence-electron chi connectivity index (χ4n) is 2.97. The van der Waals surface area contributed by atoms with E-state index in [0.29, 0.717) is 18.2 Å². The van der Waals surface area contributed by atoms with Gasteiger partial charge in [-0.25, -0.2) is 4.98 Å². The normalized spacial score (nSPS) is 22.9. The van der Waals surface area contributed by atoms with Crippen LogP contribution in [0.4, 0.5) is 5.82 Å². The van der Waals surface area contributed by atoms with E-state index in [4.69, 9.17) is 11.5 Å². The average molecular weight is 276 g/mol. The molecule has 0 radical (unpaired) electrons. The number of carbonyl (C=O) groups excluding carboxylic acids is 1. The number of aryl methyl sites for hydroxylation is 1. The van der Waals surface area contributed by atoms with Gasteiger partial charge in [-0.05, 0) is 37.8 Å². The van der Waals surface area contributed by atoms with Gasteiger partial charge in [0.2, 0.25) is 5.91 Å². The summed E-state index contributed by atoms with van der Waals surface area (Å²) in [6.07, 6.45) is 3.43. The van der Waals surface area contributed by atoms with Crippen LogP contribution in [-0.4, -0.2) is 30.0 Å². The molecule has 0 saturated carbocycles. The lowest BCUT2D eigenvalue weighted by molar-refractivity contribution is 0.1000. The fraction of sp³-hybridized carbons (Fsp3) is 0.600. The van der Waals surface area contributed by atoms with Crippen molar-refractivity contribution in [3.8, 4) is 0 Å². The molecule has 2 unspecified atom stereocenters. The Morgan fingerprint density at radius 3 is 2.85 bits per heavy atom. The van der Waals surface area contributed by atoms with Crippen LogP contribution in [0.25, 0.3) is 0 Å². The molecule has 0 bridgehead atoms. The topological polar surface area (TPSA) is 85.2 Å². The number of aromatic nitrogens is 1. The summed E-state index contributed by atoms with van der Waals surface area (Å²) in [6, 6.07) is 3.80. The summed E-state index contributed by atoms with van der Waals surface area (Å²) in [5.41, 5.74) is 12.6. The molecule has 4 N–H and O–H groups in total. The molecule has 1 aromatic heterocycles. The summed E-state index contributed by atoms with van der Waals surface area (Å²) in [5, 5.41) is 0. The Bertz CT molecular complexity index is 489. The number of amides is 1. The Hall–Kier alpha value is -1.62. The molecular formula is C15H24N4O. The van der Waals surface area contributed by atoms with Gasteiger partial charge in [-0.2, -0.15) is 0 Å². The Balaban J connectivity index is 2.28. The highest BCUT2D eigenvalue weighted by Crippen LogP contribution is 2.29. The van der Waals surface area contributed by atoms with E-state index >= 15 is 0 Å². The van der Waals surface area contributed by atoms with Crippen molar-refractivity contribution in [2.24, 2.45) is 17.4 Å². The van der Waals surface area contributed by atoms with E-state index in [0.717, 1.165) is 36.8 Å². The largest absolute Gasteiger partial charge is 0.366 e. The van der Waals surface area contributed by atoms with E-state index in [1.165, 1.54) is 6.42 Å². The minimum Gasteiger partial charge on any atom is -0.366 e. The summed E-state index contributed by atoms with van der Waals surface area (Å²) in [5.74, 6) is 1.15. The Morgan fingerprint density at radius 2 is 2.25 bits per heavy atom. The highest BCUT2D eigenvalue weighted by atomic mass is 16.1. The van der Waals surface area contributed by atoms with E-state index in [1.807, 2.05) is 6.92 Å². The third-order valence-corrected chi connectivity index (χ3v) is 4.19. The monoisotopic (exact) mass is 276 g/mol. The molecule has 1 amide bonds. The molecule has 1 aliphatic rings. The highest BCUT2D eigenvalue weighted by molar-refractivity contribution is 5.93. The summed E-state index contributed by atoms with van der Waals surface area (Å²) >= 11 is 0. The number of nitrogens with two attached hydrogens (primary N) is 2. The molecule has 1 aliphatic heterocycles. The zero-order valence-electron chi connectivity index (χ0n) is 12.3. The third-order valence-electron chi connectivity index (χ3n) is 4.19. The van der Waals surface area contributed by atoms with Gasteiger partial charge in [-0.15, -0.1) is 0 Å². The van der Waals surface area contributed by atoms with Gasteiger partial charge in [-0.1, -0.05) is 13.3 Å². The first-order valence-electron chi connectivity index (χ1n) is 7.30. The summed E-state index contributed by atoms with van der Waals surface area (Å²) < 4.78 is 0. The van der Waals surface area contributed by atoms with E-state index in [-0.39, 0.29) is 0 Å². The number of anilines is 1. The first-order valence-corrected chi connectivity index (χ1v) is 7.30. The zero-order valence-corrected chi connectivity index (χ0v) is 12.3. The second kappa shape index (κ2) is 6.22. The van der Waals surface area contributed by atoms with Crippen molar-refractivity contribution in [3.05, 3.63) is 23.4 Å². The van der Waals surface area contributed by atoms with Gasteiger partial charge in [0.25, 0.3) is 0 Å². The smallest absolute Gasteiger partial charge is 0.248 e. The number of pyridine rings is 1. The van der Waals surface area contributed by atoms with Gasteiger partial charge in [0.15, 0.2) is 0 Å². The Morgan fingerprint density at radius 1 is 1.50 bits per heavy atom. The highest BCUT2D eigenvalue weighted by Gasteiger charge is 2.28. The van der Waals surface area contributed by atoms with Crippen molar-refractivity contribution in [3.63, 3.8) is 0 Å². The number of hydrogen-bond acceptors (Lipinski definition) is 4. The predicted octanol–water partition coefficient (Wildman–Crippen LogP) is 1.44. The molecule has 2 atom stereocenters.